The molecule has 1 unspecified atom stereocenters. The third-order valence-corrected chi connectivity index (χ3v) is 4.32. The lowest BCUT2D eigenvalue weighted by Crippen LogP contribution is -2.49. The van der Waals surface area contributed by atoms with E-state index < -0.39 is 6.04 Å². The van der Waals surface area contributed by atoms with Gasteiger partial charge in [0.2, 0.25) is 11.8 Å². The molecule has 0 aliphatic carbocycles. The molecule has 2 N–H and O–H groups in total. The van der Waals surface area contributed by atoms with Crippen molar-refractivity contribution in [3.63, 3.8) is 0 Å². The summed E-state index contributed by atoms with van der Waals surface area (Å²) >= 11 is 1.33. The number of likely N-dealkylation sites (N-methyl/N-ethyl adjacent to an activating group) is 1. The molecule has 8 heteroatoms. The van der Waals surface area contributed by atoms with Gasteiger partial charge in [-0.2, -0.15) is 0 Å². The fraction of sp³-hybridized carbons (Fsp3) is 0.467. The summed E-state index contributed by atoms with van der Waals surface area (Å²) in [7, 11) is 1.62. The minimum absolute atomic E-state index is 0.0415. The fourth-order valence-electron chi connectivity index (χ4n) is 2.27. The van der Waals surface area contributed by atoms with Crippen LogP contribution in [0.4, 0.5) is 0 Å². The molecule has 7 nitrogen and oxygen atoms in total. The third kappa shape index (κ3) is 3.95. The van der Waals surface area contributed by atoms with Gasteiger partial charge in [0.15, 0.2) is 0 Å². The number of aromatic nitrogens is 2. The molecule has 2 heterocycles. The second kappa shape index (κ2) is 6.91. The van der Waals surface area contributed by atoms with Gasteiger partial charge in [0, 0.05) is 14.0 Å². The van der Waals surface area contributed by atoms with Crippen LogP contribution >= 0.6 is 11.3 Å². The van der Waals surface area contributed by atoms with Crippen LogP contribution in [-0.4, -0.2) is 39.8 Å². The highest BCUT2D eigenvalue weighted by molar-refractivity contribution is 7.17. The summed E-state index contributed by atoms with van der Waals surface area (Å²) in [4.78, 5) is 44.2. The van der Waals surface area contributed by atoms with Gasteiger partial charge in [-0.1, -0.05) is 13.8 Å². The van der Waals surface area contributed by atoms with E-state index in [1.807, 2.05) is 13.8 Å². The summed E-state index contributed by atoms with van der Waals surface area (Å²) in [6.45, 7) is 5.28. The van der Waals surface area contributed by atoms with Crippen molar-refractivity contribution in [2.24, 2.45) is 5.92 Å². The van der Waals surface area contributed by atoms with Crippen LogP contribution < -0.4 is 10.9 Å². The van der Waals surface area contributed by atoms with Crippen LogP contribution in [0.1, 0.15) is 26.6 Å². The summed E-state index contributed by atoms with van der Waals surface area (Å²) in [6, 6.07) is 1.17. The average molecular weight is 336 g/mol. The van der Waals surface area contributed by atoms with Crippen molar-refractivity contribution in [3.8, 4) is 0 Å². The number of thiophene rings is 1. The molecule has 0 aromatic carbocycles. The Morgan fingerprint density at radius 2 is 2.13 bits per heavy atom. The quantitative estimate of drug-likeness (QED) is 0.855. The van der Waals surface area contributed by atoms with Crippen molar-refractivity contribution < 1.29 is 9.59 Å². The highest BCUT2D eigenvalue weighted by Crippen LogP contribution is 2.14. The Morgan fingerprint density at radius 3 is 2.74 bits per heavy atom. The van der Waals surface area contributed by atoms with Crippen molar-refractivity contribution in [3.05, 3.63) is 27.6 Å². The van der Waals surface area contributed by atoms with Crippen LogP contribution in [0.15, 0.2) is 16.2 Å². The Hall–Kier alpha value is -2.22. The van der Waals surface area contributed by atoms with E-state index >= 15 is 0 Å². The lowest BCUT2D eigenvalue weighted by Gasteiger charge is -2.26. The number of aromatic amines is 1. The molecule has 23 heavy (non-hydrogen) atoms. The minimum Gasteiger partial charge on any atom is -0.344 e. The number of nitrogens with one attached hydrogen (secondary N) is 2. The molecule has 2 aromatic heterocycles. The number of H-pyrrole nitrogens is 1. The highest BCUT2D eigenvalue weighted by Gasteiger charge is 2.26. The topological polar surface area (TPSA) is 95.2 Å². The Kier molecular flexibility index (Phi) is 5.15. The molecule has 0 radical (unpaired) electrons. The van der Waals surface area contributed by atoms with Gasteiger partial charge in [-0.15, -0.1) is 11.3 Å². The normalized spacial score (nSPS) is 12.4. The van der Waals surface area contributed by atoms with Crippen LogP contribution in [0, 0.1) is 5.92 Å². The molecule has 0 aliphatic heterocycles. The van der Waals surface area contributed by atoms with Crippen LogP contribution in [0.3, 0.4) is 0 Å². The molecule has 0 fully saturated rings. The van der Waals surface area contributed by atoms with E-state index in [1.165, 1.54) is 23.2 Å². The lowest BCUT2D eigenvalue weighted by atomic mass is 10.0. The number of amides is 2. The van der Waals surface area contributed by atoms with Crippen molar-refractivity contribution in [1.29, 1.82) is 0 Å². The van der Waals surface area contributed by atoms with Gasteiger partial charge < -0.3 is 15.2 Å². The van der Waals surface area contributed by atoms with Crippen molar-refractivity contribution in [2.75, 3.05) is 7.05 Å². The maximum Gasteiger partial charge on any atom is 0.268 e. The van der Waals surface area contributed by atoms with Crippen molar-refractivity contribution in [2.45, 2.75) is 33.4 Å². The zero-order chi connectivity index (χ0) is 17.1. The van der Waals surface area contributed by atoms with Gasteiger partial charge in [-0.3, -0.25) is 14.4 Å². The Bertz CT molecular complexity index is 780. The number of carbonyl (C=O) groups excluding carboxylic acids is 2. The predicted octanol–water partition coefficient (Wildman–Crippen LogP) is 1.10. The van der Waals surface area contributed by atoms with Gasteiger partial charge >= 0.3 is 0 Å². The van der Waals surface area contributed by atoms with Gasteiger partial charge in [0.25, 0.3) is 5.56 Å². The van der Waals surface area contributed by atoms with Gasteiger partial charge in [0.1, 0.15) is 16.6 Å². The smallest absolute Gasteiger partial charge is 0.268 e. The molecule has 0 spiro atoms. The largest absolute Gasteiger partial charge is 0.344 e. The van der Waals surface area contributed by atoms with E-state index in [0.29, 0.717) is 16.0 Å². The Labute approximate surface area is 137 Å². The molecular weight excluding hydrogens is 316 g/mol. The first-order valence-corrected chi connectivity index (χ1v) is 8.16. The van der Waals surface area contributed by atoms with Crippen molar-refractivity contribution >= 4 is 33.4 Å². The Balaban J connectivity index is 2.18. The summed E-state index contributed by atoms with van der Waals surface area (Å²) < 4.78 is 0.570. The molecular formula is C15H20N4O3S. The molecule has 2 rings (SSSR count). The lowest BCUT2D eigenvalue weighted by molar-refractivity contribution is -0.136. The number of carbonyl (C=O) groups is 2. The second-order valence-corrected chi connectivity index (χ2v) is 6.68. The molecule has 1 atom stereocenters. The number of hydrogen-bond acceptors (Lipinski definition) is 5. The highest BCUT2D eigenvalue weighted by atomic mass is 32.1. The van der Waals surface area contributed by atoms with Gasteiger partial charge in [0.05, 0.1) is 12.1 Å². The zero-order valence-electron chi connectivity index (χ0n) is 13.5. The minimum atomic E-state index is -0.603. The fourth-order valence-corrected chi connectivity index (χ4v) is 2.99. The molecule has 0 saturated carbocycles. The van der Waals surface area contributed by atoms with E-state index in [-0.39, 0.29) is 29.8 Å². The monoisotopic (exact) mass is 336 g/mol. The average Bonchev–Trinajstić information content (AvgIpc) is 2.92. The van der Waals surface area contributed by atoms with Crippen LogP contribution in [0.25, 0.3) is 10.2 Å². The summed E-state index contributed by atoms with van der Waals surface area (Å²) in [5.74, 6) is -0.0952. The summed E-state index contributed by atoms with van der Waals surface area (Å²) in [5.41, 5.74) is 0.417. The van der Waals surface area contributed by atoms with Crippen molar-refractivity contribution in [1.82, 2.24) is 20.2 Å². The van der Waals surface area contributed by atoms with E-state index in [4.69, 9.17) is 0 Å². The predicted molar refractivity (Wildman–Crippen MR) is 89.2 cm³/mol. The zero-order valence-corrected chi connectivity index (χ0v) is 14.4. The maximum atomic E-state index is 12.5. The molecule has 124 valence electrons. The molecule has 2 amide bonds. The first-order chi connectivity index (χ1) is 10.8. The molecule has 0 saturated heterocycles. The third-order valence-electron chi connectivity index (χ3n) is 3.42. The first kappa shape index (κ1) is 17.1. The van der Waals surface area contributed by atoms with Crippen LogP contribution in [-0.2, 0) is 16.1 Å². The first-order valence-electron chi connectivity index (χ1n) is 7.28. The number of fused-ring (bicyclic) bond motifs is 1. The van der Waals surface area contributed by atoms with Gasteiger partial charge in [-0.25, -0.2) is 4.98 Å². The van der Waals surface area contributed by atoms with Gasteiger partial charge in [-0.05, 0) is 17.4 Å². The summed E-state index contributed by atoms with van der Waals surface area (Å²) in [5, 5.41) is 4.46. The van der Waals surface area contributed by atoms with Crippen LogP contribution in [0.2, 0.25) is 0 Å². The second-order valence-electron chi connectivity index (χ2n) is 5.76. The maximum absolute atomic E-state index is 12.5. The Morgan fingerprint density at radius 1 is 1.43 bits per heavy atom. The van der Waals surface area contributed by atoms with E-state index in [9.17, 15) is 14.4 Å². The molecule has 0 bridgehead atoms. The SMILES string of the molecule is CC(=O)NC(C(=O)N(C)Cc1nc2ccsc2c(=O)[nH]1)C(C)C. The number of hydrogen-bond donors (Lipinski definition) is 2. The molecule has 0 aliphatic rings. The number of rotatable bonds is 5. The van der Waals surface area contributed by atoms with E-state index in [0.717, 1.165) is 0 Å². The number of nitrogens with zero attached hydrogens (tertiary/aromatic N) is 2. The standard InChI is InChI=1S/C15H20N4O3S/c1-8(2)12(16-9(3)20)15(22)19(4)7-11-17-10-5-6-23-13(10)14(21)18-11/h5-6,8,12H,7H2,1-4H3,(H,16,20)(H,17,18,21). The van der Waals surface area contributed by atoms with E-state index in [1.54, 1.807) is 18.5 Å². The molecule has 2 aromatic rings. The van der Waals surface area contributed by atoms with Crippen LogP contribution in [0.5, 0.6) is 0 Å². The summed E-state index contributed by atoms with van der Waals surface area (Å²) in [6.07, 6.45) is 0. The van der Waals surface area contributed by atoms with E-state index in [2.05, 4.69) is 15.3 Å².